The Kier molecular flexibility index (Phi) is 4.32. The van der Waals surface area contributed by atoms with Gasteiger partial charge in [-0.25, -0.2) is 0 Å². The Labute approximate surface area is 128 Å². The molecule has 0 unspecified atom stereocenters. The maximum atomic E-state index is 12.8. The predicted octanol–water partition coefficient (Wildman–Crippen LogP) is 4.96. The topological polar surface area (TPSA) is 17.1 Å². The summed E-state index contributed by atoms with van der Waals surface area (Å²) >= 11 is 0. The Hall–Kier alpha value is -1.89. The number of benzene rings is 2. The molecule has 0 spiro atoms. The van der Waals surface area contributed by atoms with Crippen molar-refractivity contribution in [1.29, 1.82) is 0 Å². The Morgan fingerprint density at radius 3 is 1.62 bits per heavy atom. The van der Waals surface area contributed by atoms with E-state index in [9.17, 15) is 4.79 Å². The van der Waals surface area contributed by atoms with Gasteiger partial charge in [0.15, 0.2) is 5.78 Å². The molecule has 0 bridgehead atoms. The van der Waals surface area contributed by atoms with Crippen molar-refractivity contribution < 1.29 is 4.79 Å². The first-order chi connectivity index (χ1) is 9.82. The van der Waals surface area contributed by atoms with E-state index in [1.54, 1.807) is 0 Å². The molecule has 0 aliphatic heterocycles. The molecule has 2 aromatic rings. The maximum absolute atomic E-state index is 12.8. The number of hydrogen-bond donors (Lipinski definition) is 0. The minimum absolute atomic E-state index is 0.222. The van der Waals surface area contributed by atoms with Gasteiger partial charge in [-0.3, -0.25) is 4.79 Å². The predicted molar refractivity (Wildman–Crippen MR) is 89.3 cm³/mol. The van der Waals surface area contributed by atoms with Gasteiger partial charge >= 0.3 is 0 Å². The van der Waals surface area contributed by atoms with Gasteiger partial charge in [-0.05, 0) is 74.9 Å². The van der Waals surface area contributed by atoms with Crippen molar-refractivity contribution >= 4 is 5.78 Å². The highest BCUT2D eigenvalue weighted by atomic mass is 16.1. The smallest absolute Gasteiger partial charge is 0.167 e. The van der Waals surface area contributed by atoms with Crippen molar-refractivity contribution in [2.75, 3.05) is 0 Å². The lowest BCUT2D eigenvalue weighted by molar-refractivity contribution is 0.0991. The fourth-order valence-electron chi connectivity index (χ4n) is 2.90. The van der Waals surface area contributed by atoms with Crippen LogP contribution in [0.3, 0.4) is 0 Å². The molecule has 0 heterocycles. The molecule has 0 amide bonds. The van der Waals surface area contributed by atoms with Gasteiger partial charge in [0.1, 0.15) is 0 Å². The van der Waals surface area contributed by atoms with E-state index in [-0.39, 0.29) is 5.78 Å². The summed E-state index contributed by atoms with van der Waals surface area (Å²) in [5.74, 6) is 0.222. The van der Waals surface area contributed by atoms with Crippen LogP contribution in [0.4, 0.5) is 0 Å². The molecule has 1 nitrogen and oxygen atoms in total. The third-order valence-electron chi connectivity index (χ3n) is 4.76. The number of hydrogen-bond acceptors (Lipinski definition) is 1. The highest BCUT2D eigenvalue weighted by Crippen LogP contribution is 2.27. The van der Waals surface area contributed by atoms with Gasteiger partial charge in [0, 0.05) is 12.0 Å². The fourth-order valence-corrected chi connectivity index (χ4v) is 2.90. The van der Waals surface area contributed by atoms with Crippen LogP contribution in [0.1, 0.15) is 49.3 Å². The Balaban J connectivity index is 2.42. The summed E-state index contributed by atoms with van der Waals surface area (Å²) in [5, 5.41) is 0. The molecule has 2 rings (SSSR count). The van der Waals surface area contributed by atoms with Crippen molar-refractivity contribution in [2.45, 2.75) is 48.0 Å². The van der Waals surface area contributed by atoms with E-state index in [0.29, 0.717) is 6.42 Å². The molecular formula is C20H24O. The SMILES string of the molecule is Cc1ccc(CC(=O)c2c(C)c(C)c(C)c(C)c2C)cc1. The normalized spacial score (nSPS) is 10.8. The molecule has 21 heavy (non-hydrogen) atoms. The van der Waals surface area contributed by atoms with Crippen LogP contribution in [-0.2, 0) is 6.42 Å². The maximum Gasteiger partial charge on any atom is 0.167 e. The highest BCUT2D eigenvalue weighted by Gasteiger charge is 2.18. The lowest BCUT2D eigenvalue weighted by Crippen LogP contribution is -2.11. The average molecular weight is 280 g/mol. The third-order valence-corrected chi connectivity index (χ3v) is 4.76. The van der Waals surface area contributed by atoms with E-state index < -0.39 is 0 Å². The van der Waals surface area contributed by atoms with E-state index in [1.807, 2.05) is 12.1 Å². The molecule has 2 aromatic carbocycles. The van der Waals surface area contributed by atoms with Gasteiger partial charge in [-0.2, -0.15) is 0 Å². The highest BCUT2D eigenvalue weighted by molar-refractivity contribution is 6.00. The first kappa shape index (κ1) is 15.5. The number of rotatable bonds is 3. The molecule has 0 radical (unpaired) electrons. The summed E-state index contributed by atoms with van der Waals surface area (Å²) < 4.78 is 0. The van der Waals surface area contributed by atoms with Gasteiger partial charge in [0.2, 0.25) is 0 Å². The Morgan fingerprint density at radius 1 is 0.714 bits per heavy atom. The van der Waals surface area contributed by atoms with E-state index in [2.05, 4.69) is 53.7 Å². The van der Waals surface area contributed by atoms with Crippen LogP contribution in [0.2, 0.25) is 0 Å². The van der Waals surface area contributed by atoms with Crippen LogP contribution in [0.25, 0.3) is 0 Å². The second-order valence-electron chi connectivity index (χ2n) is 6.09. The second-order valence-corrected chi connectivity index (χ2v) is 6.09. The van der Waals surface area contributed by atoms with Crippen LogP contribution in [-0.4, -0.2) is 5.78 Å². The van der Waals surface area contributed by atoms with Crippen molar-refractivity contribution in [1.82, 2.24) is 0 Å². The molecule has 0 aliphatic rings. The minimum atomic E-state index is 0.222. The zero-order valence-corrected chi connectivity index (χ0v) is 13.9. The van der Waals surface area contributed by atoms with Gasteiger partial charge in [-0.15, -0.1) is 0 Å². The third kappa shape index (κ3) is 2.92. The standard InChI is InChI=1S/C20H24O/c1-12-7-9-18(10-8-12)11-19(21)20-16(5)14(3)13(2)15(4)17(20)6/h7-10H,11H2,1-6H3. The first-order valence-electron chi connectivity index (χ1n) is 7.48. The number of carbonyl (C=O) groups is 1. The van der Waals surface area contributed by atoms with Crippen molar-refractivity contribution in [2.24, 2.45) is 0 Å². The monoisotopic (exact) mass is 280 g/mol. The van der Waals surface area contributed by atoms with E-state index >= 15 is 0 Å². The molecule has 0 aliphatic carbocycles. The van der Waals surface area contributed by atoms with Gasteiger partial charge < -0.3 is 0 Å². The molecule has 0 atom stereocenters. The molecule has 0 saturated carbocycles. The summed E-state index contributed by atoms with van der Waals surface area (Å²) in [6, 6.07) is 8.22. The van der Waals surface area contributed by atoms with Crippen molar-refractivity contribution in [3.63, 3.8) is 0 Å². The summed E-state index contributed by atoms with van der Waals surface area (Å²) in [7, 11) is 0. The summed E-state index contributed by atoms with van der Waals surface area (Å²) in [6.45, 7) is 12.6. The summed E-state index contributed by atoms with van der Waals surface area (Å²) in [4.78, 5) is 12.8. The number of Topliss-reactive ketones (excluding diaryl/α,β-unsaturated/α-hetero) is 1. The zero-order chi connectivity index (χ0) is 15.7. The van der Waals surface area contributed by atoms with Gasteiger partial charge in [0.25, 0.3) is 0 Å². The largest absolute Gasteiger partial charge is 0.294 e. The lowest BCUT2D eigenvalue weighted by Gasteiger charge is -2.18. The number of ketones is 1. The van der Waals surface area contributed by atoms with Crippen LogP contribution in [0, 0.1) is 41.5 Å². The second kappa shape index (κ2) is 5.85. The van der Waals surface area contributed by atoms with Crippen molar-refractivity contribution in [3.8, 4) is 0 Å². The zero-order valence-electron chi connectivity index (χ0n) is 13.9. The Morgan fingerprint density at radius 2 is 1.14 bits per heavy atom. The molecular weight excluding hydrogens is 256 g/mol. The molecule has 0 fully saturated rings. The molecule has 1 heteroatoms. The van der Waals surface area contributed by atoms with Crippen LogP contribution >= 0.6 is 0 Å². The van der Waals surface area contributed by atoms with E-state index in [0.717, 1.165) is 22.3 Å². The molecule has 110 valence electrons. The van der Waals surface area contributed by atoms with Gasteiger partial charge in [0.05, 0.1) is 0 Å². The molecule has 0 N–H and O–H groups in total. The van der Waals surface area contributed by atoms with E-state index in [1.165, 1.54) is 22.3 Å². The first-order valence-corrected chi connectivity index (χ1v) is 7.48. The Bertz CT molecular complexity index is 662. The average Bonchev–Trinajstić information content (AvgIpc) is 2.46. The molecule has 0 saturated heterocycles. The number of aryl methyl sites for hydroxylation is 1. The van der Waals surface area contributed by atoms with E-state index in [4.69, 9.17) is 0 Å². The summed E-state index contributed by atoms with van der Waals surface area (Å²) in [5.41, 5.74) is 9.27. The quantitative estimate of drug-likeness (QED) is 0.726. The van der Waals surface area contributed by atoms with Crippen LogP contribution in [0.15, 0.2) is 24.3 Å². The van der Waals surface area contributed by atoms with Gasteiger partial charge in [-0.1, -0.05) is 29.8 Å². The number of carbonyl (C=O) groups excluding carboxylic acids is 1. The van der Waals surface area contributed by atoms with Crippen LogP contribution in [0.5, 0.6) is 0 Å². The van der Waals surface area contributed by atoms with Crippen molar-refractivity contribution in [3.05, 3.63) is 68.8 Å². The minimum Gasteiger partial charge on any atom is -0.294 e. The summed E-state index contributed by atoms with van der Waals surface area (Å²) in [6.07, 6.45) is 0.476. The fraction of sp³-hybridized carbons (Fsp3) is 0.350. The lowest BCUT2D eigenvalue weighted by atomic mass is 9.86. The molecule has 0 aromatic heterocycles. The van der Waals surface area contributed by atoms with Crippen LogP contribution < -0.4 is 0 Å².